The van der Waals surface area contributed by atoms with E-state index < -0.39 is 11.7 Å². The minimum absolute atomic E-state index is 0.177. The number of rotatable bonds is 5. The van der Waals surface area contributed by atoms with Gasteiger partial charge in [0, 0.05) is 55.7 Å². The zero-order chi connectivity index (χ0) is 24.4. The van der Waals surface area contributed by atoms with Crippen molar-refractivity contribution in [1.29, 1.82) is 0 Å². The molecule has 2 amide bonds. The fourth-order valence-corrected chi connectivity index (χ4v) is 4.35. The van der Waals surface area contributed by atoms with E-state index in [-0.39, 0.29) is 11.5 Å². The quantitative estimate of drug-likeness (QED) is 0.451. The second-order valence-electron chi connectivity index (χ2n) is 8.42. The van der Waals surface area contributed by atoms with E-state index >= 15 is 0 Å². The molecule has 1 N–H and O–H groups in total. The number of anilines is 1. The summed E-state index contributed by atoms with van der Waals surface area (Å²) in [4.78, 5) is 34.7. The maximum absolute atomic E-state index is 13.3. The van der Waals surface area contributed by atoms with Gasteiger partial charge in [-0.3, -0.25) is 14.5 Å². The summed E-state index contributed by atoms with van der Waals surface area (Å²) in [6, 6.07) is 15.9. The van der Waals surface area contributed by atoms with E-state index in [0.717, 1.165) is 11.3 Å². The van der Waals surface area contributed by atoms with Gasteiger partial charge in [-0.25, -0.2) is 9.37 Å². The van der Waals surface area contributed by atoms with Crippen molar-refractivity contribution in [3.05, 3.63) is 101 Å². The van der Waals surface area contributed by atoms with Gasteiger partial charge in [0.15, 0.2) is 0 Å². The van der Waals surface area contributed by atoms with E-state index in [0.29, 0.717) is 49.0 Å². The van der Waals surface area contributed by atoms with Crippen molar-refractivity contribution >= 4 is 34.7 Å². The van der Waals surface area contributed by atoms with Gasteiger partial charge in [0.25, 0.3) is 11.8 Å². The van der Waals surface area contributed by atoms with Gasteiger partial charge in [-0.1, -0.05) is 17.7 Å². The number of nitrogens with one attached hydrogen (secondary N) is 1. The molecule has 0 aliphatic carbocycles. The number of nitrogens with zero attached hydrogens (tertiary/aromatic N) is 4. The summed E-state index contributed by atoms with van der Waals surface area (Å²) in [5, 5.41) is 3.14. The SMILES string of the molecule is O=C(Nc1cc(Cl)ccc1C(=O)N1CCN(Cc2cn3ccccc3n2)CC1)c1ccc(F)cc1. The van der Waals surface area contributed by atoms with E-state index in [2.05, 4.69) is 15.2 Å². The van der Waals surface area contributed by atoms with Crippen LogP contribution in [0.5, 0.6) is 0 Å². The average molecular weight is 492 g/mol. The molecule has 1 aliphatic heterocycles. The third-order valence-corrected chi connectivity index (χ3v) is 6.26. The number of hydrogen-bond donors (Lipinski definition) is 1. The van der Waals surface area contributed by atoms with Gasteiger partial charge in [0.05, 0.1) is 16.9 Å². The zero-order valence-electron chi connectivity index (χ0n) is 18.8. The molecule has 1 fully saturated rings. The maximum Gasteiger partial charge on any atom is 0.256 e. The van der Waals surface area contributed by atoms with Crippen LogP contribution in [-0.4, -0.2) is 57.2 Å². The zero-order valence-corrected chi connectivity index (χ0v) is 19.6. The first-order valence-electron chi connectivity index (χ1n) is 11.3. The molecule has 0 spiro atoms. The number of piperazine rings is 1. The lowest BCUT2D eigenvalue weighted by Gasteiger charge is -2.34. The summed E-state index contributed by atoms with van der Waals surface area (Å²) < 4.78 is 15.2. The van der Waals surface area contributed by atoms with Crippen molar-refractivity contribution < 1.29 is 14.0 Å². The molecule has 3 heterocycles. The molecule has 1 aliphatic rings. The van der Waals surface area contributed by atoms with Crippen LogP contribution in [0.4, 0.5) is 10.1 Å². The van der Waals surface area contributed by atoms with E-state index in [1.165, 1.54) is 24.3 Å². The third-order valence-electron chi connectivity index (χ3n) is 6.03. The third kappa shape index (κ3) is 5.18. The smallest absolute Gasteiger partial charge is 0.256 e. The Hall–Kier alpha value is -3.75. The molecule has 0 saturated carbocycles. The Bertz CT molecular complexity index is 1350. The van der Waals surface area contributed by atoms with Crippen molar-refractivity contribution in [3.8, 4) is 0 Å². The molecule has 2 aromatic heterocycles. The van der Waals surface area contributed by atoms with Gasteiger partial charge < -0.3 is 14.6 Å². The molecular formula is C26H23ClFN5O2. The molecule has 2 aromatic carbocycles. The molecule has 7 nitrogen and oxygen atoms in total. The normalized spacial score (nSPS) is 14.3. The van der Waals surface area contributed by atoms with Crippen LogP contribution >= 0.6 is 11.6 Å². The summed E-state index contributed by atoms with van der Waals surface area (Å²) in [6.45, 7) is 3.25. The van der Waals surface area contributed by atoms with Gasteiger partial charge in [0.2, 0.25) is 0 Å². The van der Waals surface area contributed by atoms with Crippen LogP contribution in [-0.2, 0) is 6.54 Å². The highest BCUT2D eigenvalue weighted by Gasteiger charge is 2.25. The number of carbonyl (C=O) groups is 2. The van der Waals surface area contributed by atoms with Crippen LogP contribution in [0.15, 0.2) is 73.1 Å². The lowest BCUT2D eigenvalue weighted by molar-refractivity contribution is 0.0628. The second kappa shape index (κ2) is 9.85. The molecule has 5 rings (SSSR count). The Morgan fingerprint density at radius 1 is 1.00 bits per heavy atom. The Kier molecular flexibility index (Phi) is 6.48. The van der Waals surface area contributed by atoms with Crippen LogP contribution in [0, 0.1) is 5.82 Å². The summed E-state index contributed by atoms with van der Waals surface area (Å²) in [5.74, 6) is -1.05. The number of pyridine rings is 1. The predicted molar refractivity (Wildman–Crippen MR) is 132 cm³/mol. The highest BCUT2D eigenvalue weighted by Crippen LogP contribution is 2.24. The van der Waals surface area contributed by atoms with Gasteiger partial charge in [-0.05, 0) is 54.6 Å². The molecule has 0 unspecified atom stereocenters. The Labute approximate surface area is 206 Å². The Balaban J connectivity index is 1.25. The van der Waals surface area contributed by atoms with Crippen LogP contribution in [0.2, 0.25) is 5.02 Å². The monoisotopic (exact) mass is 491 g/mol. The number of halogens is 2. The van der Waals surface area contributed by atoms with E-state index in [9.17, 15) is 14.0 Å². The van der Waals surface area contributed by atoms with Gasteiger partial charge in [-0.15, -0.1) is 0 Å². The number of carbonyl (C=O) groups excluding carboxylic acids is 2. The summed E-state index contributed by atoms with van der Waals surface area (Å²) in [5.41, 5.74) is 2.86. The van der Waals surface area contributed by atoms with Gasteiger partial charge >= 0.3 is 0 Å². The number of amides is 2. The Morgan fingerprint density at radius 2 is 1.77 bits per heavy atom. The van der Waals surface area contributed by atoms with Crippen LogP contribution in [0.3, 0.4) is 0 Å². The van der Waals surface area contributed by atoms with Crippen LogP contribution in [0.25, 0.3) is 5.65 Å². The minimum Gasteiger partial charge on any atom is -0.336 e. The number of imidazole rings is 1. The maximum atomic E-state index is 13.3. The first-order chi connectivity index (χ1) is 17.0. The van der Waals surface area contributed by atoms with Crippen molar-refractivity contribution in [2.45, 2.75) is 6.54 Å². The van der Waals surface area contributed by atoms with Crippen LogP contribution < -0.4 is 5.32 Å². The number of aromatic nitrogens is 2. The van der Waals surface area contributed by atoms with Crippen molar-refractivity contribution in [2.24, 2.45) is 0 Å². The molecule has 1 saturated heterocycles. The van der Waals surface area contributed by atoms with Gasteiger partial charge in [-0.2, -0.15) is 0 Å². The highest BCUT2D eigenvalue weighted by molar-refractivity contribution is 6.31. The highest BCUT2D eigenvalue weighted by atomic mass is 35.5. The summed E-state index contributed by atoms with van der Waals surface area (Å²) >= 11 is 6.14. The Morgan fingerprint density at radius 3 is 2.51 bits per heavy atom. The molecule has 9 heteroatoms. The topological polar surface area (TPSA) is 70.0 Å². The van der Waals surface area contributed by atoms with E-state index in [1.807, 2.05) is 35.0 Å². The number of benzene rings is 2. The van der Waals surface area contributed by atoms with Crippen molar-refractivity contribution in [2.75, 3.05) is 31.5 Å². The molecule has 178 valence electrons. The lowest BCUT2D eigenvalue weighted by atomic mass is 10.1. The molecule has 4 aromatic rings. The van der Waals surface area contributed by atoms with Crippen molar-refractivity contribution in [1.82, 2.24) is 19.2 Å². The second-order valence-corrected chi connectivity index (χ2v) is 8.85. The molecule has 35 heavy (non-hydrogen) atoms. The lowest BCUT2D eigenvalue weighted by Crippen LogP contribution is -2.48. The first kappa shape index (κ1) is 23.0. The minimum atomic E-state index is -0.446. The molecule has 0 atom stereocenters. The summed E-state index contributed by atoms with van der Waals surface area (Å²) in [6.07, 6.45) is 4.00. The standard InChI is InChI=1S/C26H23ClFN5O2/c27-19-6-9-22(23(15-19)30-25(34)18-4-7-20(28)8-5-18)26(35)32-13-11-31(12-14-32)16-21-17-33-10-2-1-3-24(33)29-21/h1-10,15,17H,11-14,16H2,(H,30,34). The van der Waals surface area contributed by atoms with Crippen molar-refractivity contribution in [3.63, 3.8) is 0 Å². The summed E-state index contributed by atoms with van der Waals surface area (Å²) in [7, 11) is 0. The number of hydrogen-bond acceptors (Lipinski definition) is 4. The van der Waals surface area contributed by atoms with E-state index in [1.54, 1.807) is 23.1 Å². The largest absolute Gasteiger partial charge is 0.336 e. The van der Waals surface area contributed by atoms with Crippen LogP contribution in [0.1, 0.15) is 26.4 Å². The molecule has 0 radical (unpaired) electrons. The fraction of sp³-hybridized carbons (Fsp3) is 0.192. The predicted octanol–water partition coefficient (Wildman–Crippen LogP) is 4.34. The van der Waals surface area contributed by atoms with Gasteiger partial charge in [0.1, 0.15) is 11.5 Å². The molecular weight excluding hydrogens is 469 g/mol. The average Bonchev–Trinajstić information content (AvgIpc) is 3.27. The fourth-order valence-electron chi connectivity index (χ4n) is 4.17. The molecule has 0 bridgehead atoms. The number of fused-ring (bicyclic) bond motifs is 1. The first-order valence-corrected chi connectivity index (χ1v) is 11.6. The van der Waals surface area contributed by atoms with E-state index in [4.69, 9.17) is 11.6 Å².